The highest BCUT2D eigenvalue weighted by molar-refractivity contribution is 5.94. The zero-order valence-electron chi connectivity index (χ0n) is 21.9. The molecule has 39 heavy (non-hydrogen) atoms. The predicted molar refractivity (Wildman–Crippen MR) is 148 cm³/mol. The number of nitrogens with zero attached hydrogens (tertiary/aromatic N) is 5. The number of carbonyl (C=O) groups excluding carboxylic acids is 2. The molecule has 3 aliphatic rings. The fraction of sp³-hybridized carbons (Fsp3) is 0.414. The van der Waals surface area contributed by atoms with Gasteiger partial charge in [-0.25, -0.2) is 14.8 Å². The van der Waals surface area contributed by atoms with E-state index < -0.39 is 0 Å². The van der Waals surface area contributed by atoms with Gasteiger partial charge in [-0.15, -0.1) is 0 Å². The van der Waals surface area contributed by atoms with Crippen LogP contribution in [0.4, 0.5) is 16.3 Å². The summed E-state index contributed by atoms with van der Waals surface area (Å²) in [5.74, 6) is 1.48. The minimum atomic E-state index is -0.173. The highest BCUT2D eigenvalue weighted by Crippen LogP contribution is 2.31. The third-order valence-electron chi connectivity index (χ3n) is 7.64. The zero-order valence-corrected chi connectivity index (χ0v) is 21.9. The quantitative estimate of drug-likeness (QED) is 0.521. The van der Waals surface area contributed by atoms with Gasteiger partial charge in [0, 0.05) is 54.9 Å². The van der Waals surface area contributed by atoms with Crippen LogP contribution >= 0.6 is 0 Å². The molecule has 0 unspecified atom stereocenters. The summed E-state index contributed by atoms with van der Waals surface area (Å²) < 4.78 is 5.58. The summed E-state index contributed by atoms with van der Waals surface area (Å²) in [6.07, 6.45) is 8.38. The third kappa shape index (κ3) is 5.70. The molecule has 4 heterocycles. The second kappa shape index (κ2) is 11.4. The Balaban J connectivity index is 1.25. The minimum Gasteiger partial charge on any atom is -0.378 e. The number of aromatic nitrogens is 3. The fourth-order valence-electron chi connectivity index (χ4n) is 5.55. The Morgan fingerprint density at radius 1 is 0.974 bits per heavy atom. The first-order valence-corrected chi connectivity index (χ1v) is 13.7. The topological polar surface area (TPSA) is 113 Å². The van der Waals surface area contributed by atoms with Crippen LogP contribution in [0.25, 0.3) is 11.4 Å². The van der Waals surface area contributed by atoms with Gasteiger partial charge in [0.1, 0.15) is 5.82 Å². The lowest BCUT2D eigenvalue weighted by molar-refractivity contribution is 0.0731. The smallest absolute Gasteiger partial charge is 0.319 e. The van der Waals surface area contributed by atoms with Crippen molar-refractivity contribution < 1.29 is 14.3 Å². The summed E-state index contributed by atoms with van der Waals surface area (Å²) in [5.41, 5.74) is 4.10. The number of nitrogens with one attached hydrogen (secondary N) is 2. The average Bonchev–Trinajstić information content (AvgIpc) is 3.50. The van der Waals surface area contributed by atoms with E-state index in [1.54, 1.807) is 24.5 Å². The molecule has 1 saturated heterocycles. The molecular formula is C29H33N7O3. The van der Waals surface area contributed by atoms with Crippen molar-refractivity contribution in [2.45, 2.75) is 44.7 Å². The maximum atomic E-state index is 13.2. The Kier molecular flexibility index (Phi) is 7.36. The fourth-order valence-corrected chi connectivity index (χ4v) is 5.55. The summed E-state index contributed by atoms with van der Waals surface area (Å²) in [7, 11) is 0. The van der Waals surface area contributed by atoms with E-state index in [2.05, 4.69) is 20.5 Å². The van der Waals surface area contributed by atoms with Gasteiger partial charge in [0.05, 0.1) is 31.0 Å². The van der Waals surface area contributed by atoms with Crippen LogP contribution in [0.5, 0.6) is 0 Å². The molecule has 2 aliphatic heterocycles. The van der Waals surface area contributed by atoms with E-state index in [1.165, 1.54) is 12.8 Å². The van der Waals surface area contributed by atoms with Crippen LogP contribution in [0.3, 0.4) is 0 Å². The Hall–Kier alpha value is -4.05. The van der Waals surface area contributed by atoms with Crippen LogP contribution in [0.15, 0.2) is 48.8 Å². The second-order valence-corrected chi connectivity index (χ2v) is 10.3. The molecule has 2 N–H and O–H groups in total. The van der Waals surface area contributed by atoms with Crippen molar-refractivity contribution in [2.75, 3.05) is 43.1 Å². The molecular weight excluding hydrogens is 494 g/mol. The third-order valence-corrected chi connectivity index (χ3v) is 7.64. The predicted octanol–water partition coefficient (Wildman–Crippen LogP) is 3.64. The van der Waals surface area contributed by atoms with Gasteiger partial charge in [-0.2, -0.15) is 0 Å². The van der Waals surface area contributed by atoms with Gasteiger partial charge >= 0.3 is 6.03 Å². The van der Waals surface area contributed by atoms with Crippen molar-refractivity contribution in [3.05, 3.63) is 65.6 Å². The van der Waals surface area contributed by atoms with Gasteiger partial charge < -0.3 is 25.2 Å². The van der Waals surface area contributed by atoms with Crippen LogP contribution in [0.1, 0.15) is 47.3 Å². The first kappa shape index (κ1) is 25.2. The molecule has 1 aromatic carbocycles. The summed E-state index contributed by atoms with van der Waals surface area (Å²) in [6, 6.07) is 11.3. The number of hydrogen-bond acceptors (Lipinski definition) is 7. The van der Waals surface area contributed by atoms with E-state index in [0.29, 0.717) is 49.8 Å². The lowest BCUT2D eigenvalue weighted by atomic mass is 10.0. The molecule has 0 atom stereocenters. The Labute approximate surface area is 227 Å². The second-order valence-electron chi connectivity index (χ2n) is 10.3. The number of fused-ring (bicyclic) bond motifs is 1. The van der Waals surface area contributed by atoms with E-state index in [0.717, 1.165) is 48.6 Å². The lowest BCUT2D eigenvalue weighted by Gasteiger charge is -2.34. The number of anilines is 2. The maximum Gasteiger partial charge on any atom is 0.319 e. The molecule has 1 saturated carbocycles. The summed E-state index contributed by atoms with van der Waals surface area (Å²) in [5, 5.41) is 5.98. The van der Waals surface area contributed by atoms with Crippen LogP contribution in [0.2, 0.25) is 0 Å². The highest BCUT2D eigenvalue weighted by atomic mass is 16.5. The summed E-state index contributed by atoms with van der Waals surface area (Å²) >= 11 is 0. The van der Waals surface area contributed by atoms with Gasteiger partial charge in [-0.05, 0) is 55.7 Å². The van der Waals surface area contributed by atoms with Gasteiger partial charge in [0.2, 0.25) is 0 Å². The number of urea groups is 1. The van der Waals surface area contributed by atoms with Crippen LogP contribution < -0.4 is 15.5 Å². The molecule has 10 heteroatoms. The number of carbonyl (C=O) groups is 2. The van der Waals surface area contributed by atoms with Gasteiger partial charge in [0.25, 0.3) is 5.91 Å². The van der Waals surface area contributed by atoms with E-state index in [-0.39, 0.29) is 18.0 Å². The molecule has 2 aromatic heterocycles. The number of amides is 3. The van der Waals surface area contributed by atoms with Crippen LogP contribution in [-0.2, 0) is 17.7 Å². The zero-order chi connectivity index (χ0) is 26.6. The molecule has 2 fully saturated rings. The molecule has 0 radical (unpaired) electrons. The number of benzene rings is 1. The first-order chi connectivity index (χ1) is 19.1. The van der Waals surface area contributed by atoms with Gasteiger partial charge in [0.15, 0.2) is 5.82 Å². The molecule has 0 bridgehead atoms. The first-order valence-electron chi connectivity index (χ1n) is 13.7. The van der Waals surface area contributed by atoms with E-state index in [1.807, 2.05) is 29.2 Å². The maximum absolute atomic E-state index is 13.2. The highest BCUT2D eigenvalue weighted by Gasteiger charge is 2.29. The van der Waals surface area contributed by atoms with Crippen molar-refractivity contribution in [1.82, 2.24) is 25.2 Å². The monoisotopic (exact) mass is 527 g/mol. The molecule has 3 amide bonds. The van der Waals surface area contributed by atoms with Crippen molar-refractivity contribution >= 4 is 23.4 Å². The van der Waals surface area contributed by atoms with Gasteiger partial charge in [-0.1, -0.05) is 12.8 Å². The molecule has 6 rings (SSSR count). The Bertz CT molecular complexity index is 1320. The van der Waals surface area contributed by atoms with Gasteiger partial charge in [-0.3, -0.25) is 9.78 Å². The molecule has 0 spiro atoms. The number of hydrogen-bond donors (Lipinski definition) is 2. The number of ether oxygens (including phenoxy) is 1. The molecule has 202 valence electrons. The van der Waals surface area contributed by atoms with E-state index >= 15 is 0 Å². The van der Waals surface area contributed by atoms with Crippen LogP contribution in [-0.4, -0.2) is 70.7 Å². The number of morpholine rings is 1. The van der Waals surface area contributed by atoms with E-state index in [4.69, 9.17) is 14.7 Å². The van der Waals surface area contributed by atoms with Crippen molar-refractivity contribution in [3.63, 3.8) is 0 Å². The average molecular weight is 528 g/mol. The molecule has 3 aromatic rings. The normalized spacial score (nSPS) is 17.5. The Morgan fingerprint density at radius 2 is 1.77 bits per heavy atom. The van der Waals surface area contributed by atoms with Crippen LogP contribution in [0, 0.1) is 0 Å². The standard InChI is InChI=1S/C29H33N7O3/c37-28(21-4-3-12-30-18-21)36-13-11-24-25(19-36)33-26(34-27(24)35-14-16-39-17-15-35)20-7-9-23(10-8-20)32-29(38)31-22-5-1-2-6-22/h3-4,7-10,12,18,22H,1-2,5-6,11,13-17,19H2,(H2,31,32,38). The largest absolute Gasteiger partial charge is 0.378 e. The lowest BCUT2D eigenvalue weighted by Crippen LogP contribution is -2.41. The van der Waals surface area contributed by atoms with E-state index in [9.17, 15) is 9.59 Å². The molecule has 10 nitrogen and oxygen atoms in total. The number of rotatable bonds is 5. The van der Waals surface area contributed by atoms with Crippen molar-refractivity contribution in [2.24, 2.45) is 0 Å². The number of pyridine rings is 1. The summed E-state index contributed by atoms with van der Waals surface area (Å²) in [6.45, 7) is 3.85. The molecule has 1 aliphatic carbocycles. The van der Waals surface area contributed by atoms with Crippen molar-refractivity contribution in [1.29, 1.82) is 0 Å². The van der Waals surface area contributed by atoms with Crippen molar-refractivity contribution in [3.8, 4) is 11.4 Å². The summed E-state index contributed by atoms with van der Waals surface area (Å²) in [4.78, 5) is 43.7. The Morgan fingerprint density at radius 3 is 2.51 bits per heavy atom. The SMILES string of the molecule is O=C(Nc1ccc(-c2nc3c(c(N4CCOCC4)n2)CCN(C(=O)c2cccnc2)C3)cc1)NC1CCCC1. The minimum absolute atomic E-state index is 0.0480.